The second-order valence-electron chi connectivity index (χ2n) is 8.07. The summed E-state index contributed by atoms with van der Waals surface area (Å²) in [5, 5.41) is 19.9. The van der Waals surface area contributed by atoms with Crippen LogP contribution in [0.3, 0.4) is 0 Å². The molecule has 2 heterocycles. The van der Waals surface area contributed by atoms with Crippen molar-refractivity contribution in [2.75, 3.05) is 13.7 Å². The zero-order chi connectivity index (χ0) is 25.2. The number of ether oxygens (including phenoxy) is 1. The summed E-state index contributed by atoms with van der Waals surface area (Å²) in [5.74, 6) is -0.408. The van der Waals surface area contributed by atoms with Crippen LogP contribution in [0.4, 0.5) is 0 Å². The Labute approximate surface area is 216 Å². The number of aromatic amines is 1. The summed E-state index contributed by atoms with van der Waals surface area (Å²) >= 11 is 6.74. The molecule has 0 bridgehead atoms. The summed E-state index contributed by atoms with van der Waals surface area (Å²) in [5.41, 5.74) is 5.32. The highest BCUT2D eigenvalue weighted by Gasteiger charge is 2.31. The first-order chi connectivity index (χ1) is 17.4. The van der Waals surface area contributed by atoms with Gasteiger partial charge in [0.1, 0.15) is 21.1 Å². The number of carbonyl (C=O) groups is 2. The number of thiocarbonyl (C=S) groups is 1. The number of amides is 1. The predicted molar refractivity (Wildman–Crippen MR) is 143 cm³/mol. The van der Waals surface area contributed by atoms with Crippen LogP contribution in [0.15, 0.2) is 65.6 Å². The lowest BCUT2D eigenvalue weighted by atomic mass is 10.0. The molecule has 0 radical (unpaired) electrons. The molecule has 1 fully saturated rings. The van der Waals surface area contributed by atoms with Crippen LogP contribution in [0.1, 0.15) is 21.5 Å². The largest absolute Gasteiger partial charge is 0.496 e. The minimum absolute atomic E-state index is 0.145. The van der Waals surface area contributed by atoms with E-state index in [1.807, 2.05) is 42.5 Å². The van der Waals surface area contributed by atoms with E-state index >= 15 is 0 Å². The van der Waals surface area contributed by atoms with Crippen LogP contribution in [0.2, 0.25) is 0 Å². The van der Waals surface area contributed by atoms with Crippen molar-refractivity contribution in [2.45, 2.75) is 6.42 Å². The third kappa shape index (κ3) is 4.73. The van der Waals surface area contributed by atoms with Crippen LogP contribution < -0.4 is 4.74 Å². The monoisotopic (exact) mass is 516 g/mol. The first-order valence-corrected chi connectivity index (χ1v) is 12.2. The molecule has 0 spiro atoms. The first-order valence-electron chi connectivity index (χ1n) is 11.0. The number of fused-ring (bicyclic) bond motifs is 1. The van der Waals surface area contributed by atoms with Crippen LogP contribution in [0.25, 0.3) is 28.2 Å². The van der Waals surface area contributed by atoms with Crippen molar-refractivity contribution >= 4 is 57.3 Å². The van der Waals surface area contributed by atoms with Gasteiger partial charge in [0.15, 0.2) is 0 Å². The Hall–Kier alpha value is -4.02. The Bertz CT molecular complexity index is 1530. The zero-order valence-corrected chi connectivity index (χ0v) is 20.7. The Kier molecular flexibility index (Phi) is 6.53. The molecular formula is C26H20N4O4S2. The van der Waals surface area contributed by atoms with Crippen LogP contribution >= 0.6 is 24.0 Å². The maximum Gasteiger partial charge on any atom is 0.335 e. The number of aromatic carboxylic acids is 1. The van der Waals surface area contributed by atoms with Crippen molar-refractivity contribution in [1.82, 2.24) is 20.3 Å². The maximum absolute atomic E-state index is 13.1. The number of hydrogen-bond acceptors (Lipinski definition) is 7. The fraction of sp³-hybridized carbons (Fsp3) is 0.115. The van der Waals surface area contributed by atoms with Crippen molar-refractivity contribution in [1.29, 1.82) is 0 Å². The van der Waals surface area contributed by atoms with Gasteiger partial charge in [-0.05, 0) is 65.6 Å². The molecule has 2 N–H and O–H groups in total. The Balaban J connectivity index is 1.36. The Morgan fingerprint density at radius 3 is 2.64 bits per heavy atom. The number of aromatic nitrogens is 3. The number of thioether (sulfide) groups is 1. The molecule has 5 rings (SSSR count). The third-order valence-electron chi connectivity index (χ3n) is 5.85. The SMILES string of the molecule is COc1ccc(/C=C2\SC(=S)N(CCc3ccc(C(=O)O)cc3)C2=O)cc1-c1ccc2n[nH]nc2c1. The highest BCUT2D eigenvalue weighted by Crippen LogP contribution is 2.36. The molecule has 1 aliphatic heterocycles. The smallest absolute Gasteiger partial charge is 0.335 e. The van der Waals surface area contributed by atoms with Crippen LogP contribution in [0, 0.1) is 0 Å². The van der Waals surface area contributed by atoms with Gasteiger partial charge in [-0.3, -0.25) is 9.69 Å². The zero-order valence-electron chi connectivity index (χ0n) is 19.1. The lowest BCUT2D eigenvalue weighted by Gasteiger charge is -2.14. The van der Waals surface area contributed by atoms with Crippen molar-refractivity contribution in [3.63, 3.8) is 0 Å². The number of carboxylic acid groups (broad SMARTS) is 1. The standard InChI is InChI=1S/C26H20N4O4S2/c1-34-22-9-4-16(12-19(22)18-7-8-20-21(14-18)28-29-27-20)13-23-24(31)30(26(35)36-23)11-10-15-2-5-17(6-3-15)25(32)33/h2-9,12-14H,10-11H2,1H3,(H,32,33)(H,27,28,29)/b23-13-. The van der Waals surface area contributed by atoms with E-state index in [9.17, 15) is 9.59 Å². The average Bonchev–Trinajstić information content (AvgIpc) is 3.46. The number of rotatable bonds is 7. The molecule has 180 valence electrons. The van der Waals surface area contributed by atoms with Gasteiger partial charge in [0.25, 0.3) is 5.91 Å². The van der Waals surface area contributed by atoms with Gasteiger partial charge in [0.2, 0.25) is 0 Å². The van der Waals surface area contributed by atoms with Gasteiger partial charge in [-0.25, -0.2) is 4.79 Å². The number of nitrogens with one attached hydrogen (secondary N) is 1. The lowest BCUT2D eigenvalue weighted by molar-refractivity contribution is -0.122. The predicted octanol–water partition coefficient (Wildman–Crippen LogP) is 4.78. The van der Waals surface area contributed by atoms with E-state index in [4.69, 9.17) is 22.1 Å². The molecular weight excluding hydrogens is 496 g/mol. The van der Waals surface area contributed by atoms with E-state index < -0.39 is 5.97 Å². The second-order valence-corrected chi connectivity index (χ2v) is 9.75. The molecule has 0 unspecified atom stereocenters. The second kappa shape index (κ2) is 9.92. The molecule has 0 aliphatic carbocycles. The number of methoxy groups -OCH3 is 1. The molecule has 3 aromatic carbocycles. The van der Waals surface area contributed by atoms with Crippen LogP contribution in [-0.2, 0) is 11.2 Å². The molecule has 0 saturated carbocycles. The van der Waals surface area contributed by atoms with Gasteiger partial charge in [0, 0.05) is 12.1 Å². The fourth-order valence-electron chi connectivity index (χ4n) is 3.95. The average molecular weight is 517 g/mol. The molecule has 1 aliphatic rings. The van der Waals surface area contributed by atoms with E-state index in [2.05, 4.69) is 15.4 Å². The first kappa shape index (κ1) is 23.7. The molecule has 0 atom stereocenters. The van der Waals surface area contributed by atoms with Crippen molar-refractivity contribution in [3.05, 3.63) is 82.3 Å². The number of carboxylic acids is 1. The lowest BCUT2D eigenvalue weighted by Crippen LogP contribution is -2.30. The summed E-state index contributed by atoms with van der Waals surface area (Å²) in [6.45, 7) is 0.417. The number of benzene rings is 3. The third-order valence-corrected chi connectivity index (χ3v) is 7.22. The highest BCUT2D eigenvalue weighted by atomic mass is 32.2. The number of H-pyrrole nitrogens is 1. The summed E-state index contributed by atoms with van der Waals surface area (Å²) in [6, 6.07) is 18.1. The normalized spacial score (nSPS) is 14.7. The van der Waals surface area contributed by atoms with Gasteiger partial charge < -0.3 is 9.84 Å². The summed E-state index contributed by atoms with van der Waals surface area (Å²) in [7, 11) is 1.62. The van der Waals surface area contributed by atoms with E-state index in [-0.39, 0.29) is 11.5 Å². The van der Waals surface area contributed by atoms with E-state index in [1.165, 1.54) is 11.8 Å². The Morgan fingerprint density at radius 2 is 1.89 bits per heavy atom. The van der Waals surface area contributed by atoms with E-state index in [1.54, 1.807) is 36.3 Å². The molecule has 1 saturated heterocycles. The van der Waals surface area contributed by atoms with Crippen molar-refractivity contribution in [3.8, 4) is 16.9 Å². The molecule has 10 heteroatoms. The topological polar surface area (TPSA) is 108 Å². The fourth-order valence-corrected chi connectivity index (χ4v) is 5.26. The van der Waals surface area contributed by atoms with Gasteiger partial charge in [-0.2, -0.15) is 15.4 Å². The minimum atomic E-state index is -0.969. The van der Waals surface area contributed by atoms with Crippen LogP contribution in [-0.4, -0.2) is 55.3 Å². The highest BCUT2D eigenvalue weighted by molar-refractivity contribution is 8.26. The van der Waals surface area contributed by atoms with E-state index in [0.29, 0.717) is 27.9 Å². The van der Waals surface area contributed by atoms with E-state index in [0.717, 1.165) is 33.3 Å². The molecule has 4 aromatic rings. The molecule has 1 aromatic heterocycles. The maximum atomic E-state index is 13.1. The minimum Gasteiger partial charge on any atom is -0.496 e. The van der Waals surface area contributed by atoms with Gasteiger partial charge >= 0.3 is 5.97 Å². The van der Waals surface area contributed by atoms with Gasteiger partial charge in [0.05, 0.1) is 17.6 Å². The number of hydrogen-bond donors (Lipinski definition) is 2. The summed E-state index contributed by atoms with van der Waals surface area (Å²) in [4.78, 5) is 26.3. The van der Waals surface area contributed by atoms with Crippen molar-refractivity contribution < 1.29 is 19.4 Å². The van der Waals surface area contributed by atoms with Gasteiger partial charge in [-0.15, -0.1) is 0 Å². The van der Waals surface area contributed by atoms with Crippen molar-refractivity contribution in [2.24, 2.45) is 0 Å². The molecule has 36 heavy (non-hydrogen) atoms. The number of nitrogens with zero attached hydrogens (tertiary/aromatic N) is 3. The summed E-state index contributed by atoms with van der Waals surface area (Å²) in [6.07, 6.45) is 2.40. The molecule has 1 amide bonds. The Morgan fingerprint density at radius 1 is 1.11 bits per heavy atom. The molecule has 8 nitrogen and oxygen atoms in total. The van der Waals surface area contributed by atoms with Gasteiger partial charge in [-0.1, -0.05) is 48.2 Å². The summed E-state index contributed by atoms with van der Waals surface area (Å²) < 4.78 is 6.07. The van der Waals surface area contributed by atoms with Crippen LogP contribution in [0.5, 0.6) is 5.75 Å². The quantitative estimate of drug-likeness (QED) is 0.267. The number of carbonyl (C=O) groups excluding carboxylic acids is 1.